The van der Waals surface area contributed by atoms with E-state index in [1.165, 1.54) is 0 Å². The topological polar surface area (TPSA) is 69.0 Å². The summed E-state index contributed by atoms with van der Waals surface area (Å²) in [7, 11) is 1.64. The first-order chi connectivity index (χ1) is 11.6. The summed E-state index contributed by atoms with van der Waals surface area (Å²) in [4.78, 5) is 22.2. The van der Waals surface area contributed by atoms with E-state index in [-0.39, 0.29) is 18.1 Å². The maximum atomic E-state index is 12.4. The molecule has 0 aliphatic rings. The Morgan fingerprint density at radius 2 is 2.25 bits per heavy atom. The maximum Gasteiger partial charge on any atom is 0.253 e. The number of thiophene rings is 1. The molecule has 0 bridgehead atoms. The Morgan fingerprint density at radius 3 is 2.92 bits per heavy atom. The molecule has 0 aliphatic heterocycles. The van der Waals surface area contributed by atoms with Crippen LogP contribution in [0.1, 0.15) is 41.2 Å². The molecule has 3 rings (SSSR count). The first-order valence-corrected chi connectivity index (χ1v) is 8.65. The van der Waals surface area contributed by atoms with Crippen molar-refractivity contribution in [2.45, 2.75) is 26.0 Å². The zero-order chi connectivity index (χ0) is 17.1. The van der Waals surface area contributed by atoms with E-state index in [1.54, 1.807) is 37.0 Å². The third-order valence-electron chi connectivity index (χ3n) is 3.82. The summed E-state index contributed by atoms with van der Waals surface area (Å²) in [6, 6.07) is 6.01. The molecule has 1 N–H and O–H groups in total. The molecule has 6 nitrogen and oxygen atoms in total. The molecule has 126 valence electrons. The molecule has 1 amide bonds. The third kappa shape index (κ3) is 3.32. The molecule has 0 saturated heterocycles. The largest absolute Gasteiger partial charge is 0.374 e. The fraction of sp³-hybridized carbons (Fsp3) is 0.353. The highest BCUT2D eigenvalue weighted by Gasteiger charge is 2.15. The predicted molar refractivity (Wildman–Crippen MR) is 94.3 cm³/mol. The second-order valence-electron chi connectivity index (χ2n) is 5.76. The van der Waals surface area contributed by atoms with Crippen LogP contribution in [0.3, 0.4) is 0 Å². The number of methoxy groups -OCH3 is 1. The fourth-order valence-electron chi connectivity index (χ4n) is 2.48. The van der Waals surface area contributed by atoms with E-state index in [0.29, 0.717) is 12.1 Å². The van der Waals surface area contributed by atoms with E-state index in [2.05, 4.69) is 29.1 Å². The average molecular weight is 344 g/mol. The van der Waals surface area contributed by atoms with Gasteiger partial charge in [0.2, 0.25) is 0 Å². The number of fused-ring (bicyclic) bond motifs is 1. The molecule has 0 saturated carbocycles. The first kappa shape index (κ1) is 16.6. The summed E-state index contributed by atoms with van der Waals surface area (Å²) >= 11 is 1.61. The van der Waals surface area contributed by atoms with E-state index in [9.17, 15) is 4.79 Å². The normalized spacial score (nSPS) is 12.7. The number of pyridine rings is 1. The molecule has 0 aliphatic carbocycles. The lowest BCUT2D eigenvalue weighted by molar-refractivity contribution is 0.0837. The predicted octanol–water partition coefficient (Wildman–Crippen LogP) is 3.19. The van der Waals surface area contributed by atoms with Crippen LogP contribution in [0, 0.1) is 0 Å². The average Bonchev–Trinajstić information content (AvgIpc) is 3.24. The Morgan fingerprint density at radius 1 is 1.42 bits per heavy atom. The quantitative estimate of drug-likeness (QED) is 0.745. The molecule has 0 aromatic carbocycles. The lowest BCUT2D eigenvalue weighted by Gasteiger charge is -2.14. The number of hydrogen-bond acceptors (Lipinski definition) is 5. The molecule has 1 unspecified atom stereocenters. The van der Waals surface area contributed by atoms with Crippen molar-refractivity contribution in [1.29, 1.82) is 0 Å². The number of ether oxygens (including phenoxy) is 1. The Kier molecular flexibility index (Phi) is 4.92. The van der Waals surface area contributed by atoms with Crippen LogP contribution >= 0.6 is 11.3 Å². The van der Waals surface area contributed by atoms with Crippen molar-refractivity contribution < 1.29 is 9.53 Å². The fourth-order valence-corrected chi connectivity index (χ4v) is 3.29. The van der Waals surface area contributed by atoms with E-state index in [0.717, 1.165) is 16.0 Å². The molecule has 3 heterocycles. The highest BCUT2D eigenvalue weighted by molar-refractivity contribution is 7.10. The van der Waals surface area contributed by atoms with Gasteiger partial charge in [0.05, 0.1) is 11.9 Å². The minimum Gasteiger partial charge on any atom is -0.374 e. The second kappa shape index (κ2) is 7.11. The van der Waals surface area contributed by atoms with E-state index < -0.39 is 0 Å². The number of carbonyl (C=O) groups is 1. The summed E-state index contributed by atoms with van der Waals surface area (Å²) in [5, 5.41) is 4.89. The van der Waals surface area contributed by atoms with Gasteiger partial charge in [-0.15, -0.1) is 11.3 Å². The summed E-state index contributed by atoms with van der Waals surface area (Å²) in [5.41, 5.74) is 2.00. The van der Waals surface area contributed by atoms with Crippen LogP contribution in [-0.2, 0) is 4.74 Å². The van der Waals surface area contributed by atoms with Gasteiger partial charge in [-0.1, -0.05) is 6.07 Å². The van der Waals surface area contributed by atoms with Crippen molar-refractivity contribution in [1.82, 2.24) is 19.9 Å². The van der Waals surface area contributed by atoms with Crippen LogP contribution in [0.25, 0.3) is 11.2 Å². The van der Waals surface area contributed by atoms with Gasteiger partial charge in [0.15, 0.2) is 5.65 Å². The van der Waals surface area contributed by atoms with Crippen molar-refractivity contribution in [3.8, 4) is 0 Å². The van der Waals surface area contributed by atoms with Crippen LogP contribution in [-0.4, -0.2) is 34.1 Å². The standard InChI is InChI=1S/C17H20N4O2S/c1-11(2)21-10-20-13-7-12(8-18-16(13)21)17(22)19-9-14(23-3)15-5-4-6-24-15/h4-8,10-11,14H,9H2,1-3H3,(H,19,22). The number of nitrogens with zero attached hydrogens (tertiary/aromatic N) is 3. The maximum absolute atomic E-state index is 12.4. The highest BCUT2D eigenvalue weighted by atomic mass is 32.1. The Balaban J connectivity index is 1.72. The zero-order valence-corrected chi connectivity index (χ0v) is 14.7. The molecule has 0 spiro atoms. The Hall–Kier alpha value is -2.25. The number of nitrogens with one attached hydrogen (secondary N) is 1. The SMILES string of the molecule is COC(CNC(=O)c1cnc2c(c1)ncn2C(C)C)c1cccs1. The van der Waals surface area contributed by atoms with Crippen LogP contribution in [0.2, 0.25) is 0 Å². The van der Waals surface area contributed by atoms with Gasteiger partial charge in [0.1, 0.15) is 11.6 Å². The molecule has 0 fully saturated rings. The molecule has 3 aromatic heterocycles. The Bertz CT molecular complexity index is 826. The monoisotopic (exact) mass is 344 g/mol. The van der Waals surface area contributed by atoms with Crippen molar-refractivity contribution in [2.24, 2.45) is 0 Å². The van der Waals surface area contributed by atoms with E-state index >= 15 is 0 Å². The second-order valence-corrected chi connectivity index (χ2v) is 6.74. The van der Waals surface area contributed by atoms with Crippen molar-refractivity contribution in [3.05, 3.63) is 46.5 Å². The molecule has 3 aromatic rings. The summed E-state index contributed by atoms with van der Waals surface area (Å²) < 4.78 is 7.43. The van der Waals surface area contributed by atoms with Gasteiger partial charge in [-0.05, 0) is 31.4 Å². The number of carbonyl (C=O) groups excluding carboxylic acids is 1. The number of rotatable bonds is 6. The number of aromatic nitrogens is 3. The van der Waals surface area contributed by atoms with Gasteiger partial charge in [0, 0.05) is 30.8 Å². The van der Waals surface area contributed by atoms with Crippen molar-refractivity contribution in [2.75, 3.05) is 13.7 Å². The van der Waals surface area contributed by atoms with Gasteiger partial charge in [-0.3, -0.25) is 4.79 Å². The lowest BCUT2D eigenvalue weighted by atomic mass is 10.2. The van der Waals surface area contributed by atoms with Crippen molar-refractivity contribution >= 4 is 28.4 Å². The molecule has 0 radical (unpaired) electrons. The van der Waals surface area contributed by atoms with Gasteiger partial charge < -0.3 is 14.6 Å². The van der Waals surface area contributed by atoms with Gasteiger partial charge in [0.25, 0.3) is 5.91 Å². The first-order valence-electron chi connectivity index (χ1n) is 7.77. The Labute approximate surface area is 144 Å². The molecule has 1 atom stereocenters. The van der Waals surface area contributed by atoms with E-state index in [4.69, 9.17) is 4.74 Å². The smallest absolute Gasteiger partial charge is 0.253 e. The summed E-state index contributed by atoms with van der Waals surface area (Å²) in [6.45, 7) is 4.55. The molecule has 7 heteroatoms. The summed E-state index contributed by atoms with van der Waals surface area (Å²) in [6.07, 6.45) is 3.19. The van der Waals surface area contributed by atoms with Crippen LogP contribution in [0.4, 0.5) is 0 Å². The molecular weight excluding hydrogens is 324 g/mol. The highest BCUT2D eigenvalue weighted by Crippen LogP contribution is 2.21. The minimum atomic E-state index is -0.179. The third-order valence-corrected chi connectivity index (χ3v) is 4.79. The minimum absolute atomic E-state index is 0.147. The van der Waals surface area contributed by atoms with E-state index in [1.807, 2.05) is 22.1 Å². The molecule has 24 heavy (non-hydrogen) atoms. The lowest BCUT2D eigenvalue weighted by Crippen LogP contribution is -2.29. The number of imidazole rings is 1. The number of hydrogen-bond donors (Lipinski definition) is 1. The van der Waals surface area contributed by atoms with Crippen LogP contribution in [0.5, 0.6) is 0 Å². The van der Waals surface area contributed by atoms with Crippen LogP contribution in [0.15, 0.2) is 36.1 Å². The van der Waals surface area contributed by atoms with Crippen molar-refractivity contribution in [3.63, 3.8) is 0 Å². The van der Waals surface area contributed by atoms with Gasteiger partial charge in [-0.25, -0.2) is 9.97 Å². The summed E-state index contributed by atoms with van der Waals surface area (Å²) in [5.74, 6) is -0.179. The number of amides is 1. The van der Waals surface area contributed by atoms with Gasteiger partial charge >= 0.3 is 0 Å². The van der Waals surface area contributed by atoms with Gasteiger partial charge in [-0.2, -0.15) is 0 Å². The zero-order valence-electron chi connectivity index (χ0n) is 13.9. The molecular formula is C17H20N4O2S. The van der Waals surface area contributed by atoms with Crippen LogP contribution < -0.4 is 5.32 Å².